The summed E-state index contributed by atoms with van der Waals surface area (Å²) in [6.07, 6.45) is 2.81. The Kier molecular flexibility index (Phi) is 5.51. The van der Waals surface area contributed by atoms with Crippen LogP contribution in [0.4, 0.5) is 0 Å². The van der Waals surface area contributed by atoms with Crippen molar-refractivity contribution >= 4 is 22.8 Å². The van der Waals surface area contributed by atoms with Gasteiger partial charge in [0.05, 0.1) is 0 Å². The molecule has 1 fully saturated rings. The summed E-state index contributed by atoms with van der Waals surface area (Å²) in [7, 11) is 0. The fourth-order valence-electron chi connectivity index (χ4n) is 3.19. The zero-order chi connectivity index (χ0) is 20.2. The number of rotatable bonds is 8. The minimum Gasteiger partial charge on any atom is -0.484 e. The van der Waals surface area contributed by atoms with Crippen molar-refractivity contribution in [3.05, 3.63) is 65.4 Å². The van der Waals surface area contributed by atoms with Crippen LogP contribution in [0.5, 0.6) is 5.75 Å². The summed E-state index contributed by atoms with van der Waals surface area (Å²) in [5.74, 6) is 0.724. The Balaban J connectivity index is 1.25. The summed E-state index contributed by atoms with van der Waals surface area (Å²) < 4.78 is 11.2. The van der Waals surface area contributed by atoms with Gasteiger partial charge < -0.3 is 19.8 Å². The molecule has 0 saturated heterocycles. The molecule has 3 aromatic rings. The van der Waals surface area contributed by atoms with E-state index in [2.05, 4.69) is 10.6 Å². The maximum Gasteiger partial charge on any atom is 0.287 e. The number of para-hydroxylation sites is 1. The molecule has 1 aromatic heterocycles. The number of hydrogen-bond donors (Lipinski definition) is 2. The molecule has 1 heterocycles. The van der Waals surface area contributed by atoms with Gasteiger partial charge in [-0.15, -0.1) is 0 Å². The monoisotopic (exact) mass is 392 g/mol. The van der Waals surface area contributed by atoms with Crippen LogP contribution in [-0.2, 0) is 11.2 Å². The molecule has 0 atom stereocenters. The number of aryl methyl sites for hydroxylation is 1. The van der Waals surface area contributed by atoms with Crippen molar-refractivity contribution in [3.63, 3.8) is 0 Å². The van der Waals surface area contributed by atoms with E-state index in [4.69, 9.17) is 9.15 Å². The van der Waals surface area contributed by atoms with E-state index in [1.165, 1.54) is 0 Å². The molecule has 29 heavy (non-hydrogen) atoms. The van der Waals surface area contributed by atoms with Crippen LogP contribution in [0.25, 0.3) is 11.0 Å². The molecule has 1 saturated carbocycles. The Hall–Kier alpha value is -3.28. The van der Waals surface area contributed by atoms with Crippen LogP contribution in [0, 0.1) is 6.92 Å². The van der Waals surface area contributed by atoms with Crippen LogP contribution in [0.15, 0.2) is 52.9 Å². The molecule has 1 aliphatic rings. The lowest BCUT2D eigenvalue weighted by atomic mass is 10.1. The predicted molar refractivity (Wildman–Crippen MR) is 110 cm³/mol. The summed E-state index contributed by atoms with van der Waals surface area (Å²) in [5, 5.41) is 6.76. The Bertz CT molecular complexity index is 1020. The van der Waals surface area contributed by atoms with Crippen molar-refractivity contribution in [2.75, 3.05) is 13.2 Å². The molecule has 2 N–H and O–H groups in total. The topological polar surface area (TPSA) is 80.6 Å². The van der Waals surface area contributed by atoms with Gasteiger partial charge in [0, 0.05) is 23.5 Å². The summed E-state index contributed by atoms with van der Waals surface area (Å²) in [4.78, 5) is 24.1. The zero-order valence-corrected chi connectivity index (χ0v) is 16.4. The normalized spacial score (nSPS) is 13.3. The number of nitrogens with one attached hydrogen (secondary N) is 2. The van der Waals surface area contributed by atoms with E-state index in [0.29, 0.717) is 30.5 Å². The Morgan fingerprint density at radius 1 is 1.10 bits per heavy atom. The molecule has 2 amide bonds. The number of carbonyl (C=O) groups excluding carboxylic acids is 2. The van der Waals surface area contributed by atoms with Crippen molar-refractivity contribution in [1.82, 2.24) is 10.6 Å². The fourth-order valence-corrected chi connectivity index (χ4v) is 3.19. The first kappa shape index (κ1) is 19.1. The number of fused-ring (bicyclic) bond motifs is 1. The van der Waals surface area contributed by atoms with Gasteiger partial charge in [0.1, 0.15) is 11.3 Å². The van der Waals surface area contributed by atoms with Crippen LogP contribution >= 0.6 is 0 Å². The first-order valence-corrected chi connectivity index (χ1v) is 9.87. The first-order valence-electron chi connectivity index (χ1n) is 9.87. The third kappa shape index (κ3) is 4.77. The SMILES string of the molecule is Cc1c(C(=O)NCCc2ccc(OCC(=O)NC3CC3)cc2)oc2ccccc12. The van der Waals surface area contributed by atoms with Gasteiger partial charge in [-0.3, -0.25) is 9.59 Å². The van der Waals surface area contributed by atoms with E-state index in [-0.39, 0.29) is 18.4 Å². The third-order valence-corrected chi connectivity index (χ3v) is 4.98. The number of carbonyl (C=O) groups is 2. The van der Waals surface area contributed by atoms with Crippen LogP contribution in [0.3, 0.4) is 0 Å². The molecule has 0 spiro atoms. The molecule has 150 valence electrons. The Labute approximate surface area is 169 Å². The van der Waals surface area contributed by atoms with Gasteiger partial charge in [0.15, 0.2) is 12.4 Å². The lowest BCUT2D eigenvalue weighted by molar-refractivity contribution is -0.123. The highest BCUT2D eigenvalue weighted by molar-refractivity contribution is 5.98. The number of benzene rings is 2. The average Bonchev–Trinajstić information content (AvgIpc) is 3.48. The van der Waals surface area contributed by atoms with Gasteiger partial charge in [-0.05, 0) is 49.9 Å². The molecular weight excluding hydrogens is 368 g/mol. The lowest BCUT2D eigenvalue weighted by Crippen LogP contribution is -2.30. The van der Waals surface area contributed by atoms with Gasteiger partial charge in [-0.2, -0.15) is 0 Å². The van der Waals surface area contributed by atoms with Gasteiger partial charge in [-0.1, -0.05) is 30.3 Å². The van der Waals surface area contributed by atoms with Gasteiger partial charge in [-0.25, -0.2) is 0 Å². The molecule has 0 bridgehead atoms. The summed E-state index contributed by atoms with van der Waals surface area (Å²) in [6.45, 7) is 2.42. The van der Waals surface area contributed by atoms with E-state index in [0.717, 1.165) is 34.9 Å². The first-order chi connectivity index (χ1) is 14.1. The lowest BCUT2D eigenvalue weighted by Gasteiger charge is -2.08. The predicted octanol–water partition coefficient (Wildman–Crippen LogP) is 3.37. The molecular formula is C23H24N2O4. The Morgan fingerprint density at radius 2 is 1.86 bits per heavy atom. The molecule has 6 nitrogen and oxygen atoms in total. The minimum atomic E-state index is -0.208. The third-order valence-electron chi connectivity index (χ3n) is 4.98. The van der Waals surface area contributed by atoms with Crippen LogP contribution in [0.2, 0.25) is 0 Å². The van der Waals surface area contributed by atoms with E-state index < -0.39 is 0 Å². The summed E-state index contributed by atoms with van der Waals surface area (Å²) >= 11 is 0. The molecule has 4 rings (SSSR count). The maximum absolute atomic E-state index is 12.4. The van der Waals surface area contributed by atoms with E-state index >= 15 is 0 Å². The van der Waals surface area contributed by atoms with E-state index in [1.54, 1.807) is 0 Å². The largest absolute Gasteiger partial charge is 0.484 e. The quantitative estimate of drug-likeness (QED) is 0.616. The second-order valence-corrected chi connectivity index (χ2v) is 7.33. The minimum absolute atomic E-state index is 0.0305. The number of hydrogen-bond acceptors (Lipinski definition) is 4. The highest BCUT2D eigenvalue weighted by Crippen LogP contribution is 2.24. The van der Waals surface area contributed by atoms with Crippen LogP contribution in [-0.4, -0.2) is 31.0 Å². The number of ether oxygens (including phenoxy) is 1. The fraction of sp³-hybridized carbons (Fsp3) is 0.304. The van der Waals surface area contributed by atoms with Crippen molar-refractivity contribution in [2.45, 2.75) is 32.2 Å². The van der Waals surface area contributed by atoms with Gasteiger partial charge in [0.25, 0.3) is 11.8 Å². The van der Waals surface area contributed by atoms with Crippen LogP contribution in [0.1, 0.15) is 34.5 Å². The van der Waals surface area contributed by atoms with Crippen molar-refractivity contribution in [2.24, 2.45) is 0 Å². The summed E-state index contributed by atoms with van der Waals surface area (Å²) in [6, 6.07) is 15.5. The second-order valence-electron chi connectivity index (χ2n) is 7.33. The molecule has 0 aliphatic heterocycles. The van der Waals surface area contributed by atoms with Gasteiger partial charge >= 0.3 is 0 Å². The molecule has 0 radical (unpaired) electrons. The maximum atomic E-state index is 12.4. The standard InChI is InChI=1S/C23H24N2O4/c1-15-19-4-2-3-5-20(19)29-22(15)23(27)24-13-12-16-6-10-18(11-7-16)28-14-21(26)25-17-8-9-17/h2-7,10-11,17H,8-9,12-14H2,1H3,(H,24,27)(H,25,26). The molecule has 0 unspecified atom stereocenters. The highest BCUT2D eigenvalue weighted by atomic mass is 16.5. The molecule has 1 aliphatic carbocycles. The van der Waals surface area contributed by atoms with Crippen LogP contribution < -0.4 is 15.4 Å². The Morgan fingerprint density at radius 3 is 2.59 bits per heavy atom. The zero-order valence-electron chi connectivity index (χ0n) is 16.4. The average molecular weight is 392 g/mol. The van der Waals surface area contributed by atoms with Crippen molar-refractivity contribution < 1.29 is 18.7 Å². The molecule has 6 heteroatoms. The second kappa shape index (κ2) is 8.39. The summed E-state index contributed by atoms with van der Waals surface area (Å²) in [5.41, 5.74) is 2.64. The smallest absolute Gasteiger partial charge is 0.287 e. The van der Waals surface area contributed by atoms with Gasteiger partial charge in [0.2, 0.25) is 0 Å². The van der Waals surface area contributed by atoms with E-state index in [9.17, 15) is 9.59 Å². The van der Waals surface area contributed by atoms with Crippen molar-refractivity contribution in [1.29, 1.82) is 0 Å². The molecule has 2 aromatic carbocycles. The van der Waals surface area contributed by atoms with E-state index in [1.807, 2.05) is 55.5 Å². The van der Waals surface area contributed by atoms with Crippen molar-refractivity contribution in [3.8, 4) is 5.75 Å². The number of furan rings is 1. The highest BCUT2D eigenvalue weighted by Gasteiger charge is 2.23. The number of amides is 2.